The minimum absolute atomic E-state index is 0.133. The molecule has 106 valence electrons. The molecular weight excluding hydrogens is 256 g/mol. The van der Waals surface area contributed by atoms with Crippen LogP contribution in [0.5, 0.6) is 0 Å². The predicted molar refractivity (Wildman–Crippen MR) is 85.8 cm³/mol. The molecule has 0 amide bonds. The van der Waals surface area contributed by atoms with E-state index >= 15 is 0 Å². The average molecular weight is 276 g/mol. The van der Waals surface area contributed by atoms with Crippen LogP contribution in [-0.4, -0.2) is 5.78 Å². The Morgan fingerprint density at radius 1 is 0.905 bits per heavy atom. The number of hydrogen-bond donors (Lipinski definition) is 0. The summed E-state index contributed by atoms with van der Waals surface area (Å²) >= 11 is 0. The van der Waals surface area contributed by atoms with E-state index in [1.807, 2.05) is 12.1 Å². The molecule has 1 saturated carbocycles. The van der Waals surface area contributed by atoms with Crippen molar-refractivity contribution in [3.05, 3.63) is 59.2 Å². The van der Waals surface area contributed by atoms with E-state index in [2.05, 4.69) is 30.3 Å². The Hall–Kier alpha value is -1.89. The van der Waals surface area contributed by atoms with Crippen molar-refractivity contribution in [3.63, 3.8) is 0 Å². The zero-order chi connectivity index (χ0) is 14.4. The van der Waals surface area contributed by atoms with Crippen molar-refractivity contribution < 1.29 is 4.79 Å². The van der Waals surface area contributed by atoms with Crippen molar-refractivity contribution >= 4 is 5.78 Å². The van der Waals surface area contributed by atoms with Crippen molar-refractivity contribution in [1.29, 1.82) is 0 Å². The van der Waals surface area contributed by atoms with E-state index in [0.717, 1.165) is 17.4 Å². The largest absolute Gasteiger partial charge is 0.295 e. The van der Waals surface area contributed by atoms with Crippen molar-refractivity contribution in [3.8, 4) is 11.1 Å². The lowest BCUT2D eigenvalue weighted by molar-refractivity contribution is 0.101. The van der Waals surface area contributed by atoms with E-state index in [1.165, 1.54) is 47.9 Å². The smallest absolute Gasteiger partial charge is 0.159 e. The highest BCUT2D eigenvalue weighted by Crippen LogP contribution is 2.47. The molecule has 0 atom stereocenters. The van der Waals surface area contributed by atoms with Crippen LogP contribution in [0.25, 0.3) is 11.1 Å². The van der Waals surface area contributed by atoms with E-state index in [4.69, 9.17) is 0 Å². The highest BCUT2D eigenvalue weighted by molar-refractivity contribution is 5.94. The van der Waals surface area contributed by atoms with Crippen LogP contribution in [0.2, 0.25) is 0 Å². The molecule has 1 nitrogen and oxygen atoms in total. The molecule has 21 heavy (non-hydrogen) atoms. The Morgan fingerprint density at radius 2 is 1.57 bits per heavy atom. The third-order valence-corrected chi connectivity index (χ3v) is 5.32. The molecule has 0 aliphatic heterocycles. The highest BCUT2D eigenvalue weighted by atomic mass is 16.1. The standard InChI is InChI=1S/C20H20O/c1-13(21)14-2-6-16(7-3-14)19-11-10-18-12-20(19)17-8-4-15(18)5-9-17/h2-3,6-7,10-12,15,17H,4-5,8-9H2,1H3. The number of Topliss-reactive ketones (excluding diaryl/α,β-unsaturated/α-hetero) is 1. The molecule has 0 heterocycles. The summed E-state index contributed by atoms with van der Waals surface area (Å²) in [5.74, 6) is 1.65. The Labute approximate surface area is 126 Å². The van der Waals surface area contributed by atoms with Gasteiger partial charge in [0.05, 0.1) is 0 Å². The Kier molecular flexibility index (Phi) is 2.95. The predicted octanol–water partition coefficient (Wildman–Crippen LogP) is 5.31. The van der Waals surface area contributed by atoms with Gasteiger partial charge in [-0.05, 0) is 66.7 Å². The van der Waals surface area contributed by atoms with E-state index < -0.39 is 0 Å². The molecular formula is C20H20O. The van der Waals surface area contributed by atoms with E-state index in [9.17, 15) is 4.79 Å². The van der Waals surface area contributed by atoms with Gasteiger partial charge >= 0.3 is 0 Å². The molecule has 1 heteroatoms. The number of hydrogen-bond acceptors (Lipinski definition) is 1. The molecule has 2 aromatic carbocycles. The Balaban J connectivity index is 1.80. The average Bonchev–Trinajstić information content (AvgIpc) is 2.74. The van der Waals surface area contributed by atoms with Crippen LogP contribution >= 0.6 is 0 Å². The van der Waals surface area contributed by atoms with Gasteiger partial charge in [0.25, 0.3) is 0 Å². The lowest BCUT2D eigenvalue weighted by atomic mass is 9.80. The molecule has 3 aliphatic carbocycles. The molecule has 0 N–H and O–H groups in total. The fraction of sp³-hybridized carbons (Fsp3) is 0.350. The van der Waals surface area contributed by atoms with Crippen LogP contribution in [0.3, 0.4) is 0 Å². The number of fused-ring (bicyclic) bond motifs is 2. The van der Waals surface area contributed by atoms with Crippen molar-refractivity contribution in [2.24, 2.45) is 0 Å². The van der Waals surface area contributed by atoms with Crippen molar-refractivity contribution in [1.82, 2.24) is 0 Å². The van der Waals surface area contributed by atoms with Gasteiger partial charge in [0.1, 0.15) is 0 Å². The molecule has 2 aromatic rings. The molecule has 5 rings (SSSR count). The molecule has 0 saturated heterocycles. The topological polar surface area (TPSA) is 17.1 Å². The SMILES string of the molecule is CC(=O)c1ccc(-c2ccc3cc2C2CCC3CC2)cc1. The normalized spacial score (nSPS) is 22.9. The second-order valence-electron chi connectivity index (χ2n) is 6.53. The summed E-state index contributed by atoms with van der Waals surface area (Å²) in [6, 6.07) is 15.2. The van der Waals surface area contributed by atoms with Crippen LogP contribution < -0.4 is 0 Å². The van der Waals surface area contributed by atoms with Crippen LogP contribution in [0.1, 0.15) is 65.9 Å². The van der Waals surface area contributed by atoms with Crippen LogP contribution in [-0.2, 0) is 0 Å². The van der Waals surface area contributed by atoms with Gasteiger partial charge in [0.2, 0.25) is 0 Å². The summed E-state index contributed by atoms with van der Waals surface area (Å²) in [6.45, 7) is 1.62. The van der Waals surface area contributed by atoms with Gasteiger partial charge < -0.3 is 0 Å². The van der Waals surface area contributed by atoms with Crippen LogP contribution in [0.4, 0.5) is 0 Å². The maximum Gasteiger partial charge on any atom is 0.159 e. The first-order valence-electron chi connectivity index (χ1n) is 7.97. The lowest BCUT2D eigenvalue weighted by Gasteiger charge is -2.24. The number of carbonyl (C=O) groups is 1. The van der Waals surface area contributed by atoms with Gasteiger partial charge in [0, 0.05) is 5.56 Å². The molecule has 0 spiro atoms. The molecule has 0 radical (unpaired) electrons. The van der Waals surface area contributed by atoms with Crippen LogP contribution in [0, 0.1) is 0 Å². The maximum atomic E-state index is 11.4. The van der Waals surface area contributed by atoms with E-state index in [0.29, 0.717) is 0 Å². The van der Waals surface area contributed by atoms with Gasteiger partial charge in [0.15, 0.2) is 5.78 Å². The monoisotopic (exact) mass is 276 g/mol. The van der Waals surface area contributed by atoms with Crippen molar-refractivity contribution in [2.45, 2.75) is 44.4 Å². The van der Waals surface area contributed by atoms with E-state index in [-0.39, 0.29) is 5.78 Å². The van der Waals surface area contributed by atoms with Gasteiger partial charge in [-0.2, -0.15) is 0 Å². The first-order valence-corrected chi connectivity index (χ1v) is 7.97. The van der Waals surface area contributed by atoms with Crippen molar-refractivity contribution in [2.75, 3.05) is 0 Å². The quantitative estimate of drug-likeness (QED) is 0.679. The molecule has 1 fully saturated rings. The van der Waals surface area contributed by atoms with E-state index in [1.54, 1.807) is 6.92 Å². The second-order valence-corrected chi connectivity index (χ2v) is 6.53. The molecule has 0 aromatic heterocycles. The molecule has 4 bridgehead atoms. The summed E-state index contributed by atoms with van der Waals surface area (Å²) in [6.07, 6.45) is 5.36. The third kappa shape index (κ3) is 2.12. The minimum Gasteiger partial charge on any atom is -0.295 e. The van der Waals surface area contributed by atoms with Gasteiger partial charge in [-0.15, -0.1) is 0 Å². The number of benzene rings is 2. The first kappa shape index (κ1) is 12.8. The summed E-state index contributed by atoms with van der Waals surface area (Å²) in [7, 11) is 0. The molecule has 3 aliphatic rings. The third-order valence-electron chi connectivity index (χ3n) is 5.32. The Bertz CT molecular complexity index is 688. The zero-order valence-corrected chi connectivity index (χ0v) is 12.4. The summed E-state index contributed by atoms with van der Waals surface area (Å²) in [4.78, 5) is 11.4. The number of carbonyl (C=O) groups excluding carboxylic acids is 1. The van der Waals surface area contributed by atoms with Crippen LogP contribution in [0.15, 0.2) is 42.5 Å². The maximum absolute atomic E-state index is 11.4. The summed E-state index contributed by atoms with van der Waals surface area (Å²) in [5, 5.41) is 0. The zero-order valence-electron chi connectivity index (χ0n) is 12.4. The van der Waals surface area contributed by atoms with Gasteiger partial charge in [-0.1, -0.05) is 42.5 Å². The highest BCUT2D eigenvalue weighted by Gasteiger charge is 2.29. The fourth-order valence-electron chi connectivity index (χ4n) is 4.06. The first-order chi connectivity index (χ1) is 10.2. The van der Waals surface area contributed by atoms with Gasteiger partial charge in [-0.25, -0.2) is 0 Å². The Morgan fingerprint density at radius 3 is 2.24 bits per heavy atom. The second kappa shape index (κ2) is 4.84. The number of ketones is 1. The fourth-order valence-corrected chi connectivity index (χ4v) is 4.06. The molecule has 0 unspecified atom stereocenters. The summed E-state index contributed by atoms with van der Waals surface area (Å²) < 4.78 is 0. The number of rotatable bonds is 2. The lowest BCUT2D eigenvalue weighted by Crippen LogP contribution is -2.07. The van der Waals surface area contributed by atoms with Gasteiger partial charge in [-0.3, -0.25) is 4.79 Å². The summed E-state index contributed by atoms with van der Waals surface area (Å²) in [5.41, 5.74) is 6.47. The minimum atomic E-state index is 0.133.